The summed E-state index contributed by atoms with van der Waals surface area (Å²) in [5.74, 6) is -1.29. The molecule has 0 fully saturated rings. The van der Waals surface area contributed by atoms with Crippen molar-refractivity contribution < 1.29 is 28.5 Å². The van der Waals surface area contributed by atoms with Crippen molar-refractivity contribution in [2.45, 2.75) is 4.90 Å². The molecule has 0 heterocycles. The normalized spacial score (nSPS) is 11.3. The van der Waals surface area contributed by atoms with E-state index in [4.69, 9.17) is 15.3 Å². The number of hydrogen-bond acceptors (Lipinski definition) is 6. The molecule has 0 saturated carbocycles. The smallest absolute Gasteiger partial charge is 0.337 e. The lowest BCUT2D eigenvalue weighted by atomic mass is 10.2. The molecule has 9 heteroatoms. The van der Waals surface area contributed by atoms with Gasteiger partial charge in [-0.15, -0.1) is 0 Å². The predicted molar refractivity (Wildman–Crippen MR) is 71.3 cm³/mol. The van der Waals surface area contributed by atoms with E-state index in [0.717, 1.165) is 6.07 Å². The Morgan fingerprint density at radius 1 is 1.15 bits per heavy atom. The van der Waals surface area contributed by atoms with Crippen molar-refractivity contribution in [3.8, 4) is 0 Å². The molecule has 0 aliphatic rings. The maximum Gasteiger partial charge on any atom is 0.337 e. The van der Waals surface area contributed by atoms with Crippen LogP contribution in [0.5, 0.6) is 0 Å². The van der Waals surface area contributed by atoms with E-state index in [0.29, 0.717) is 0 Å². The number of nitrogens with one attached hydrogen (secondary N) is 2. The molecule has 0 aliphatic heterocycles. The summed E-state index contributed by atoms with van der Waals surface area (Å²) in [5.41, 5.74) is -0.00187. The molecule has 0 aliphatic carbocycles. The molecule has 0 saturated heterocycles. The number of aliphatic hydroxyl groups is 2. The van der Waals surface area contributed by atoms with Crippen LogP contribution in [0.1, 0.15) is 10.4 Å². The molecule has 0 aromatic heterocycles. The van der Waals surface area contributed by atoms with E-state index in [1.807, 2.05) is 0 Å². The third-order valence-electron chi connectivity index (χ3n) is 2.36. The fraction of sp³-hybridized carbons (Fsp3) is 0.364. The molecule has 1 rings (SSSR count). The minimum absolute atomic E-state index is 0.148. The minimum Gasteiger partial charge on any atom is -0.478 e. The molecule has 1 aromatic rings. The van der Waals surface area contributed by atoms with Crippen LogP contribution in [0.25, 0.3) is 0 Å². The standard InChI is InChI=1S/C11H16N2O6S/c14-5-3-12-10-2-1-8(7-9(10)11(16)17)20(18,19)13-4-6-15/h1-2,7,12-15H,3-6H2,(H,16,17). The number of carbonyl (C=O) groups is 1. The second-order valence-corrected chi connectivity index (χ2v) is 5.55. The van der Waals surface area contributed by atoms with Gasteiger partial charge in [0.1, 0.15) is 0 Å². The van der Waals surface area contributed by atoms with Crippen LogP contribution in [0, 0.1) is 0 Å². The van der Waals surface area contributed by atoms with Crippen LogP contribution in [0.3, 0.4) is 0 Å². The van der Waals surface area contributed by atoms with Gasteiger partial charge in [-0.25, -0.2) is 17.9 Å². The van der Waals surface area contributed by atoms with Crippen LogP contribution in [-0.4, -0.2) is 56.0 Å². The lowest BCUT2D eigenvalue weighted by Crippen LogP contribution is -2.27. The van der Waals surface area contributed by atoms with Gasteiger partial charge in [-0.1, -0.05) is 0 Å². The third-order valence-corrected chi connectivity index (χ3v) is 3.82. The van der Waals surface area contributed by atoms with Gasteiger partial charge in [-0.2, -0.15) is 0 Å². The second-order valence-electron chi connectivity index (χ2n) is 3.78. The Kier molecular flexibility index (Phi) is 5.89. The maximum absolute atomic E-state index is 11.8. The number of aromatic carboxylic acids is 1. The Morgan fingerprint density at radius 2 is 1.80 bits per heavy atom. The molecule has 0 atom stereocenters. The fourth-order valence-corrected chi connectivity index (χ4v) is 2.52. The topological polar surface area (TPSA) is 136 Å². The summed E-state index contributed by atoms with van der Waals surface area (Å²) in [6.45, 7) is -0.553. The average molecular weight is 304 g/mol. The first-order chi connectivity index (χ1) is 9.42. The minimum atomic E-state index is -3.87. The highest BCUT2D eigenvalue weighted by atomic mass is 32.2. The Bertz CT molecular complexity index is 572. The highest BCUT2D eigenvalue weighted by molar-refractivity contribution is 7.89. The van der Waals surface area contributed by atoms with Crippen LogP contribution in [0.4, 0.5) is 5.69 Å². The summed E-state index contributed by atoms with van der Waals surface area (Å²) in [6.07, 6.45) is 0. The van der Waals surface area contributed by atoms with Crippen molar-refractivity contribution in [1.29, 1.82) is 0 Å². The number of anilines is 1. The van der Waals surface area contributed by atoms with Gasteiger partial charge < -0.3 is 20.6 Å². The highest BCUT2D eigenvalue weighted by Gasteiger charge is 2.18. The first-order valence-electron chi connectivity index (χ1n) is 5.75. The van der Waals surface area contributed by atoms with Gasteiger partial charge in [0.25, 0.3) is 0 Å². The fourth-order valence-electron chi connectivity index (χ4n) is 1.48. The Labute approximate surface area is 116 Å². The SMILES string of the molecule is O=C(O)c1cc(S(=O)(=O)NCCO)ccc1NCCO. The van der Waals surface area contributed by atoms with Gasteiger partial charge in [0.2, 0.25) is 10.0 Å². The Balaban J connectivity index is 3.13. The van der Waals surface area contributed by atoms with Gasteiger partial charge in [0.05, 0.1) is 23.7 Å². The monoisotopic (exact) mass is 304 g/mol. The van der Waals surface area contributed by atoms with Crippen molar-refractivity contribution in [2.24, 2.45) is 0 Å². The van der Waals surface area contributed by atoms with E-state index in [-0.39, 0.29) is 42.4 Å². The highest BCUT2D eigenvalue weighted by Crippen LogP contribution is 2.20. The van der Waals surface area contributed by atoms with E-state index in [1.165, 1.54) is 12.1 Å². The Hall–Kier alpha value is -1.68. The zero-order valence-corrected chi connectivity index (χ0v) is 11.4. The van der Waals surface area contributed by atoms with Gasteiger partial charge in [0, 0.05) is 18.8 Å². The van der Waals surface area contributed by atoms with Crippen molar-refractivity contribution >= 4 is 21.7 Å². The number of benzene rings is 1. The molecule has 0 spiro atoms. The molecule has 0 radical (unpaired) electrons. The van der Waals surface area contributed by atoms with Crippen LogP contribution < -0.4 is 10.0 Å². The molecular formula is C11H16N2O6S. The summed E-state index contributed by atoms with van der Waals surface area (Å²) < 4.78 is 25.8. The zero-order valence-electron chi connectivity index (χ0n) is 10.5. The molecule has 5 N–H and O–H groups in total. The van der Waals surface area contributed by atoms with Gasteiger partial charge in [0.15, 0.2) is 0 Å². The van der Waals surface area contributed by atoms with Gasteiger partial charge >= 0.3 is 5.97 Å². The van der Waals surface area contributed by atoms with Crippen molar-refractivity contribution in [3.63, 3.8) is 0 Å². The Morgan fingerprint density at radius 3 is 2.35 bits per heavy atom. The molecule has 1 aromatic carbocycles. The third kappa shape index (κ3) is 4.17. The number of sulfonamides is 1. The molecule has 0 bridgehead atoms. The van der Waals surface area contributed by atoms with Crippen LogP contribution >= 0.6 is 0 Å². The summed E-state index contributed by atoms with van der Waals surface area (Å²) >= 11 is 0. The quantitative estimate of drug-likeness (QED) is 0.418. The van der Waals surface area contributed by atoms with Crippen LogP contribution in [-0.2, 0) is 10.0 Å². The van der Waals surface area contributed by atoms with Gasteiger partial charge in [-0.05, 0) is 18.2 Å². The zero-order chi connectivity index (χ0) is 15.2. The number of carboxylic acid groups (broad SMARTS) is 1. The summed E-state index contributed by atoms with van der Waals surface area (Å²) in [4.78, 5) is 10.9. The second kappa shape index (κ2) is 7.20. The van der Waals surface area contributed by atoms with E-state index in [9.17, 15) is 13.2 Å². The largest absolute Gasteiger partial charge is 0.478 e. The van der Waals surface area contributed by atoms with Crippen LogP contribution in [0.15, 0.2) is 23.1 Å². The van der Waals surface area contributed by atoms with Crippen molar-refractivity contribution in [2.75, 3.05) is 31.6 Å². The van der Waals surface area contributed by atoms with Crippen LogP contribution in [0.2, 0.25) is 0 Å². The number of carboxylic acids is 1. The predicted octanol–water partition coefficient (Wildman–Crippen LogP) is -0.940. The number of hydrogen-bond donors (Lipinski definition) is 5. The lowest BCUT2D eigenvalue weighted by molar-refractivity contribution is 0.0697. The van der Waals surface area contributed by atoms with E-state index in [2.05, 4.69) is 10.0 Å². The van der Waals surface area contributed by atoms with Gasteiger partial charge in [-0.3, -0.25) is 0 Å². The van der Waals surface area contributed by atoms with E-state index < -0.39 is 16.0 Å². The maximum atomic E-state index is 11.8. The molecule has 112 valence electrons. The number of rotatable bonds is 8. The van der Waals surface area contributed by atoms with Crippen molar-refractivity contribution in [3.05, 3.63) is 23.8 Å². The van der Waals surface area contributed by atoms with E-state index in [1.54, 1.807) is 0 Å². The molecular weight excluding hydrogens is 288 g/mol. The van der Waals surface area contributed by atoms with E-state index >= 15 is 0 Å². The molecule has 8 nitrogen and oxygen atoms in total. The summed E-state index contributed by atoms with van der Waals surface area (Å²) in [6, 6.07) is 3.57. The molecule has 20 heavy (non-hydrogen) atoms. The lowest BCUT2D eigenvalue weighted by Gasteiger charge is -2.11. The summed E-state index contributed by atoms with van der Waals surface area (Å²) in [7, 11) is -3.87. The summed E-state index contributed by atoms with van der Waals surface area (Å²) in [5, 5.41) is 29.1. The number of aliphatic hydroxyl groups excluding tert-OH is 2. The van der Waals surface area contributed by atoms with Crippen molar-refractivity contribution in [1.82, 2.24) is 4.72 Å². The first-order valence-corrected chi connectivity index (χ1v) is 7.23. The molecule has 0 amide bonds. The average Bonchev–Trinajstić information content (AvgIpc) is 2.42. The molecule has 0 unspecified atom stereocenters. The first kappa shape index (κ1) is 16.4.